The lowest BCUT2D eigenvalue weighted by Gasteiger charge is -2.11. The second-order valence-electron chi connectivity index (χ2n) is 7.09. The van der Waals surface area contributed by atoms with Gasteiger partial charge in [-0.3, -0.25) is 14.7 Å². The number of nitrogens with zero attached hydrogens (tertiary/aromatic N) is 1. The number of furan rings is 1. The third-order valence-corrected chi connectivity index (χ3v) is 5.04. The molecule has 0 spiro atoms. The SMILES string of the molecule is CC(C(=O)NCc1ccc(CNC(=O)c2cccc3[nH]ncc23)cc1)c1ccco1. The Morgan fingerprint density at radius 2 is 1.73 bits per heavy atom. The number of carbonyl (C=O) groups excluding carboxylic acids is 2. The molecule has 3 N–H and O–H groups in total. The fraction of sp³-hybridized carbons (Fsp3) is 0.174. The zero-order valence-corrected chi connectivity index (χ0v) is 16.5. The average Bonchev–Trinajstić information content (AvgIpc) is 3.47. The van der Waals surface area contributed by atoms with E-state index in [1.54, 1.807) is 30.7 Å². The molecule has 2 aromatic carbocycles. The van der Waals surface area contributed by atoms with Crippen molar-refractivity contribution >= 4 is 22.7 Å². The molecule has 0 radical (unpaired) electrons. The first kappa shape index (κ1) is 19.4. The van der Waals surface area contributed by atoms with Crippen LogP contribution in [-0.4, -0.2) is 22.0 Å². The first-order valence-electron chi connectivity index (χ1n) is 9.71. The summed E-state index contributed by atoms with van der Waals surface area (Å²) in [5.74, 6) is 0.0684. The molecule has 2 heterocycles. The Kier molecular flexibility index (Phi) is 5.61. The van der Waals surface area contributed by atoms with Crippen molar-refractivity contribution in [1.82, 2.24) is 20.8 Å². The van der Waals surface area contributed by atoms with Crippen LogP contribution in [-0.2, 0) is 17.9 Å². The molecule has 0 saturated carbocycles. The number of carbonyl (C=O) groups is 2. The number of fused-ring (bicyclic) bond motifs is 1. The topological polar surface area (TPSA) is 100 Å². The molecule has 7 heteroatoms. The number of benzene rings is 2. The minimum atomic E-state index is -0.339. The lowest BCUT2D eigenvalue weighted by atomic mass is 10.1. The van der Waals surface area contributed by atoms with Crippen molar-refractivity contribution in [2.24, 2.45) is 0 Å². The lowest BCUT2D eigenvalue weighted by molar-refractivity contribution is -0.122. The van der Waals surface area contributed by atoms with Gasteiger partial charge in [-0.05, 0) is 42.3 Å². The summed E-state index contributed by atoms with van der Waals surface area (Å²) in [7, 11) is 0. The molecule has 0 aliphatic carbocycles. The standard InChI is InChI=1S/C23H22N4O3/c1-15(21-6-3-11-30-21)22(28)24-12-16-7-9-17(10-8-16)13-25-23(29)18-4-2-5-20-19(18)14-26-27-20/h2-11,14-15H,12-13H2,1H3,(H,24,28)(H,25,29)(H,26,27). The van der Waals surface area contributed by atoms with Gasteiger partial charge in [-0.1, -0.05) is 30.3 Å². The minimum Gasteiger partial charge on any atom is -0.469 e. The Hall–Kier alpha value is -3.87. The van der Waals surface area contributed by atoms with E-state index < -0.39 is 0 Å². The van der Waals surface area contributed by atoms with Crippen LogP contribution in [0.15, 0.2) is 71.5 Å². The summed E-state index contributed by atoms with van der Waals surface area (Å²) in [5.41, 5.74) is 3.37. The fourth-order valence-electron chi connectivity index (χ4n) is 3.23. The van der Waals surface area contributed by atoms with E-state index in [4.69, 9.17) is 4.42 Å². The molecule has 0 aliphatic rings. The van der Waals surface area contributed by atoms with E-state index in [-0.39, 0.29) is 17.7 Å². The Balaban J connectivity index is 1.30. The second kappa shape index (κ2) is 8.65. The van der Waals surface area contributed by atoms with Gasteiger partial charge < -0.3 is 15.1 Å². The van der Waals surface area contributed by atoms with Crippen LogP contribution in [0.4, 0.5) is 0 Å². The van der Waals surface area contributed by atoms with Gasteiger partial charge >= 0.3 is 0 Å². The summed E-state index contributed by atoms with van der Waals surface area (Å²) in [6, 6.07) is 16.8. The molecular formula is C23H22N4O3. The molecule has 0 aliphatic heterocycles. The molecule has 0 bridgehead atoms. The number of aromatic nitrogens is 2. The van der Waals surface area contributed by atoms with Crippen molar-refractivity contribution in [2.75, 3.05) is 0 Å². The predicted molar refractivity (Wildman–Crippen MR) is 113 cm³/mol. The van der Waals surface area contributed by atoms with Crippen molar-refractivity contribution in [3.8, 4) is 0 Å². The maximum absolute atomic E-state index is 12.5. The highest BCUT2D eigenvalue weighted by Crippen LogP contribution is 2.17. The average molecular weight is 402 g/mol. The van der Waals surface area contributed by atoms with E-state index in [0.717, 1.165) is 22.0 Å². The highest BCUT2D eigenvalue weighted by molar-refractivity contribution is 6.05. The van der Waals surface area contributed by atoms with Crippen molar-refractivity contribution in [3.05, 3.63) is 89.5 Å². The molecular weight excluding hydrogens is 380 g/mol. The van der Waals surface area contributed by atoms with Crippen molar-refractivity contribution < 1.29 is 14.0 Å². The van der Waals surface area contributed by atoms with Gasteiger partial charge in [-0.25, -0.2) is 0 Å². The van der Waals surface area contributed by atoms with E-state index in [0.29, 0.717) is 24.4 Å². The van der Waals surface area contributed by atoms with E-state index in [2.05, 4.69) is 20.8 Å². The van der Waals surface area contributed by atoms with Crippen molar-refractivity contribution in [1.29, 1.82) is 0 Å². The van der Waals surface area contributed by atoms with Gasteiger partial charge in [-0.15, -0.1) is 0 Å². The second-order valence-corrected chi connectivity index (χ2v) is 7.09. The molecule has 2 amide bonds. The van der Waals surface area contributed by atoms with Gasteiger partial charge in [0.05, 0.1) is 29.5 Å². The summed E-state index contributed by atoms with van der Waals surface area (Å²) in [5, 5.41) is 13.5. The molecule has 7 nitrogen and oxygen atoms in total. The third-order valence-electron chi connectivity index (χ3n) is 5.04. The summed E-state index contributed by atoms with van der Waals surface area (Å²) in [4.78, 5) is 24.8. The first-order valence-corrected chi connectivity index (χ1v) is 9.71. The quantitative estimate of drug-likeness (QED) is 0.440. The van der Waals surface area contributed by atoms with Crippen LogP contribution in [0.5, 0.6) is 0 Å². The van der Waals surface area contributed by atoms with Gasteiger partial charge in [0.25, 0.3) is 5.91 Å². The fourth-order valence-corrected chi connectivity index (χ4v) is 3.23. The molecule has 0 saturated heterocycles. The Bertz CT molecular complexity index is 1150. The van der Waals surface area contributed by atoms with E-state index in [1.807, 2.05) is 43.3 Å². The number of rotatable bonds is 7. The third kappa shape index (κ3) is 4.25. The van der Waals surface area contributed by atoms with Crippen LogP contribution in [0.3, 0.4) is 0 Å². The van der Waals surface area contributed by atoms with Crippen molar-refractivity contribution in [3.63, 3.8) is 0 Å². The van der Waals surface area contributed by atoms with Gasteiger partial charge in [-0.2, -0.15) is 5.10 Å². The van der Waals surface area contributed by atoms with Crippen LogP contribution in [0.25, 0.3) is 10.9 Å². The maximum atomic E-state index is 12.5. The lowest BCUT2D eigenvalue weighted by Crippen LogP contribution is -2.27. The van der Waals surface area contributed by atoms with E-state index in [1.165, 1.54) is 0 Å². The highest BCUT2D eigenvalue weighted by atomic mass is 16.3. The summed E-state index contributed by atoms with van der Waals surface area (Å²) in [6.07, 6.45) is 3.21. The summed E-state index contributed by atoms with van der Waals surface area (Å²) < 4.78 is 5.28. The maximum Gasteiger partial charge on any atom is 0.252 e. The van der Waals surface area contributed by atoms with Gasteiger partial charge in [0.1, 0.15) is 5.76 Å². The number of nitrogens with one attached hydrogen (secondary N) is 3. The van der Waals surface area contributed by atoms with E-state index >= 15 is 0 Å². The van der Waals surface area contributed by atoms with Gasteiger partial charge in [0.15, 0.2) is 0 Å². The molecule has 0 fully saturated rings. The number of H-pyrrole nitrogens is 1. The molecule has 1 unspecified atom stereocenters. The Morgan fingerprint density at radius 3 is 2.43 bits per heavy atom. The van der Waals surface area contributed by atoms with Crippen LogP contribution in [0.1, 0.15) is 40.1 Å². The highest BCUT2D eigenvalue weighted by Gasteiger charge is 2.17. The summed E-state index contributed by atoms with van der Waals surface area (Å²) >= 11 is 0. The smallest absolute Gasteiger partial charge is 0.252 e. The zero-order chi connectivity index (χ0) is 20.9. The van der Waals surface area contributed by atoms with Crippen LogP contribution < -0.4 is 10.6 Å². The zero-order valence-electron chi connectivity index (χ0n) is 16.5. The monoisotopic (exact) mass is 402 g/mol. The number of amides is 2. The predicted octanol–water partition coefficient (Wildman–Crippen LogP) is 3.51. The number of hydrogen-bond donors (Lipinski definition) is 3. The van der Waals surface area contributed by atoms with Crippen LogP contribution in [0.2, 0.25) is 0 Å². The molecule has 4 aromatic rings. The van der Waals surface area contributed by atoms with Gasteiger partial charge in [0.2, 0.25) is 5.91 Å². The molecule has 4 rings (SSSR count). The molecule has 2 aromatic heterocycles. The summed E-state index contributed by atoms with van der Waals surface area (Å²) in [6.45, 7) is 2.65. The molecule has 152 valence electrons. The van der Waals surface area contributed by atoms with E-state index in [9.17, 15) is 9.59 Å². The molecule has 1 atom stereocenters. The van der Waals surface area contributed by atoms with Crippen molar-refractivity contribution in [2.45, 2.75) is 25.9 Å². The van der Waals surface area contributed by atoms with Crippen LogP contribution in [0, 0.1) is 0 Å². The van der Waals surface area contributed by atoms with Crippen LogP contribution >= 0.6 is 0 Å². The van der Waals surface area contributed by atoms with Gasteiger partial charge in [0, 0.05) is 18.5 Å². The number of aromatic amines is 1. The Labute approximate surface area is 173 Å². The Morgan fingerprint density at radius 1 is 1.00 bits per heavy atom. The normalized spacial score (nSPS) is 11.9. The number of hydrogen-bond acceptors (Lipinski definition) is 4. The molecule has 30 heavy (non-hydrogen) atoms. The minimum absolute atomic E-state index is 0.0882. The largest absolute Gasteiger partial charge is 0.469 e. The first-order chi connectivity index (χ1) is 14.6.